The molecular weight excluding hydrogens is 332 g/mol. The number of likely N-dealkylation sites (N-methyl/N-ethyl adjacent to an activating group) is 1. The Bertz CT molecular complexity index is 843. The maximum atomic E-state index is 12.2. The molecule has 136 valence electrons. The van der Waals surface area contributed by atoms with Gasteiger partial charge in [0.15, 0.2) is 12.7 Å². The lowest BCUT2D eigenvalue weighted by molar-refractivity contribution is -0.125. The van der Waals surface area contributed by atoms with Crippen LogP contribution >= 0.6 is 0 Å². The highest BCUT2D eigenvalue weighted by atomic mass is 16.5. The lowest BCUT2D eigenvalue weighted by Gasteiger charge is -2.30. The molecule has 2 aromatic rings. The third kappa shape index (κ3) is 3.79. The molecule has 2 amide bonds. The first-order chi connectivity index (χ1) is 12.3. The fraction of sp³-hybridized carbons (Fsp3) is 0.300. The number of anilines is 2. The molecule has 2 aromatic carbocycles. The van der Waals surface area contributed by atoms with E-state index >= 15 is 0 Å². The Kier molecular flexibility index (Phi) is 4.84. The van der Waals surface area contributed by atoms with E-state index < -0.39 is 6.10 Å². The fourth-order valence-corrected chi connectivity index (χ4v) is 2.95. The Labute approximate surface area is 152 Å². The van der Waals surface area contributed by atoms with E-state index in [0.717, 1.165) is 11.1 Å². The van der Waals surface area contributed by atoms with Crippen molar-refractivity contribution in [3.05, 3.63) is 47.5 Å². The zero-order chi connectivity index (χ0) is 18.8. The van der Waals surface area contributed by atoms with Crippen LogP contribution in [0.1, 0.15) is 18.1 Å². The summed E-state index contributed by atoms with van der Waals surface area (Å²) in [4.78, 5) is 25.7. The van der Waals surface area contributed by atoms with Gasteiger partial charge in [-0.3, -0.25) is 9.59 Å². The van der Waals surface area contributed by atoms with Crippen LogP contribution in [0.3, 0.4) is 0 Å². The first-order valence-electron chi connectivity index (χ1n) is 8.42. The number of benzene rings is 2. The molecule has 1 aliphatic rings. The number of carbonyl (C=O) groups is 2. The third-order valence-electron chi connectivity index (χ3n) is 4.15. The molecule has 3 rings (SSSR count). The number of ether oxygens (including phenoxy) is 2. The third-order valence-corrected chi connectivity index (χ3v) is 4.15. The number of hydrogen-bond donors (Lipinski definition) is 1. The lowest BCUT2D eigenvalue weighted by Crippen LogP contribution is -2.42. The lowest BCUT2D eigenvalue weighted by atomic mass is 10.1. The van der Waals surface area contributed by atoms with E-state index in [4.69, 9.17) is 9.47 Å². The Hall–Kier alpha value is -3.02. The van der Waals surface area contributed by atoms with E-state index in [1.165, 1.54) is 4.90 Å². The minimum absolute atomic E-state index is 0.0950. The molecular formula is C20H22N2O4. The Morgan fingerprint density at radius 1 is 1.19 bits per heavy atom. The van der Waals surface area contributed by atoms with Gasteiger partial charge in [-0.15, -0.1) is 0 Å². The second-order valence-electron chi connectivity index (χ2n) is 6.50. The monoisotopic (exact) mass is 354 g/mol. The fourth-order valence-electron chi connectivity index (χ4n) is 2.95. The van der Waals surface area contributed by atoms with Gasteiger partial charge in [0.1, 0.15) is 11.5 Å². The summed E-state index contributed by atoms with van der Waals surface area (Å²) in [6, 6.07) is 11.0. The van der Waals surface area contributed by atoms with Crippen LogP contribution in [0, 0.1) is 13.8 Å². The molecule has 1 aliphatic heterocycles. The van der Waals surface area contributed by atoms with Crippen molar-refractivity contribution in [2.45, 2.75) is 26.9 Å². The van der Waals surface area contributed by atoms with E-state index in [2.05, 4.69) is 5.32 Å². The van der Waals surface area contributed by atoms with E-state index in [1.54, 1.807) is 32.2 Å². The second-order valence-corrected chi connectivity index (χ2v) is 6.50. The summed E-state index contributed by atoms with van der Waals surface area (Å²) in [5.74, 6) is 0.877. The predicted octanol–water partition coefficient (Wildman–Crippen LogP) is 3.06. The number of fused-ring (bicyclic) bond motifs is 1. The van der Waals surface area contributed by atoms with Gasteiger partial charge in [-0.2, -0.15) is 0 Å². The normalized spacial score (nSPS) is 15.9. The van der Waals surface area contributed by atoms with Gasteiger partial charge in [-0.05, 0) is 62.2 Å². The Balaban J connectivity index is 1.66. The minimum atomic E-state index is -0.515. The number of nitrogens with one attached hydrogen (secondary N) is 1. The molecule has 0 saturated carbocycles. The van der Waals surface area contributed by atoms with Crippen molar-refractivity contribution in [1.29, 1.82) is 0 Å². The van der Waals surface area contributed by atoms with Crippen molar-refractivity contribution in [1.82, 2.24) is 0 Å². The SMILES string of the molecule is Cc1cc(C)cc(OCC(=O)Nc2ccc3c(c2)N(C)C(=O)C(C)O3)c1. The largest absolute Gasteiger partial charge is 0.484 e. The molecule has 6 heteroatoms. The maximum Gasteiger partial charge on any atom is 0.267 e. The summed E-state index contributed by atoms with van der Waals surface area (Å²) < 4.78 is 11.1. The summed E-state index contributed by atoms with van der Waals surface area (Å²) >= 11 is 0. The van der Waals surface area contributed by atoms with Crippen LogP contribution in [0.2, 0.25) is 0 Å². The average molecular weight is 354 g/mol. The number of nitrogens with zero attached hydrogens (tertiary/aromatic N) is 1. The topological polar surface area (TPSA) is 67.9 Å². The number of amides is 2. The average Bonchev–Trinajstić information content (AvgIpc) is 2.58. The highest BCUT2D eigenvalue weighted by Gasteiger charge is 2.29. The Morgan fingerprint density at radius 3 is 2.58 bits per heavy atom. The molecule has 0 aliphatic carbocycles. The first kappa shape index (κ1) is 17.8. The number of carbonyl (C=O) groups excluding carboxylic acids is 2. The van der Waals surface area contributed by atoms with E-state index in [0.29, 0.717) is 22.9 Å². The van der Waals surface area contributed by atoms with Crippen molar-refractivity contribution in [2.75, 3.05) is 23.9 Å². The number of hydrogen-bond acceptors (Lipinski definition) is 4. The standard InChI is InChI=1S/C20H22N2O4/c1-12-7-13(2)9-16(8-12)25-11-19(23)21-15-5-6-18-17(10-15)22(4)20(24)14(3)26-18/h5-10,14H,11H2,1-4H3,(H,21,23). The molecule has 0 fully saturated rings. The number of aryl methyl sites for hydroxylation is 2. The van der Waals surface area contributed by atoms with Gasteiger partial charge in [0, 0.05) is 12.7 Å². The molecule has 1 N–H and O–H groups in total. The molecule has 6 nitrogen and oxygen atoms in total. The predicted molar refractivity (Wildman–Crippen MR) is 100.0 cm³/mol. The van der Waals surface area contributed by atoms with E-state index in [1.807, 2.05) is 32.0 Å². The van der Waals surface area contributed by atoms with Crippen LogP contribution in [0.25, 0.3) is 0 Å². The van der Waals surface area contributed by atoms with Gasteiger partial charge in [0.2, 0.25) is 0 Å². The van der Waals surface area contributed by atoms with Gasteiger partial charge in [-0.1, -0.05) is 6.07 Å². The van der Waals surface area contributed by atoms with Gasteiger partial charge >= 0.3 is 0 Å². The van der Waals surface area contributed by atoms with Crippen LogP contribution < -0.4 is 19.7 Å². The minimum Gasteiger partial charge on any atom is -0.484 e. The molecule has 1 unspecified atom stereocenters. The van der Waals surface area contributed by atoms with Gasteiger partial charge in [0.25, 0.3) is 11.8 Å². The van der Waals surface area contributed by atoms with E-state index in [-0.39, 0.29) is 18.4 Å². The van der Waals surface area contributed by atoms with Crippen LogP contribution in [-0.2, 0) is 9.59 Å². The molecule has 26 heavy (non-hydrogen) atoms. The van der Waals surface area contributed by atoms with Crippen molar-refractivity contribution < 1.29 is 19.1 Å². The molecule has 0 aromatic heterocycles. The quantitative estimate of drug-likeness (QED) is 0.916. The van der Waals surface area contributed by atoms with Crippen LogP contribution in [0.15, 0.2) is 36.4 Å². The molecule has 0 saturated heterocycles. The van der Waals surface area contributed by atoms with Gasteiger partial charge < -0.3 is 19.7 Å². The molecule has 1 atom stereocenters. The van der Waals surface area contributed by atoms with Crippen molar-refractivity contribution in [3.8, 4) is 11.5 Å². The van der Waals surface area contributed by atoms with Crippen LogP contribution in [0.5, 0.6) is 11.5 Å². The van der Waals surface area contributed by atoms with E-state index in [9.17, 15) is 9.59 Å². The molecule has 0 spiro atoms. The number of rotatable bonds is 4. The summed E-state index contributed by atoms with van der Waals surface area (Å²) in [5.41, 5.74) is 3.37. The second kappa shape index (κ2) is 7.07. The van der Waals surface area contributed by atoms with Crippen molar-refractivity contribution in [3.63, 3.8) is 0 Å². The highest BCUT2D eigenvalue weighted by Crippen LogP contribution is 2.35. The summed E-state index contributed by atoms with van der Waals surface area (Å²) in [6.45, 7) is 5.58. The molecule has 0 radical (unpaired) electrons. The van der Waals surface area contributed by atoms with Gasteiger partial charge in [-0.25, -0.2) is 0 Å². The molecule has 0 bridgehead atoms. The zero-order valence-electron chi connectivity index (χ0n) is 15.3. The van der Waals surface area contributed by atoms with Crippen molar-refractivity contribution >= 4 is 23.2 Å². The van der Waals surface area contributed by atoms with Gasteiger partial charge in [0.05, 0.1) is 5.69 Å². The van der Waals surface area contributed by atoms with Crippen molar-refractivity contribution in [2.24, 2.45) is 0 Å². The van der Waals surface area contributed by atoms with Crippen LogP contribution in [-0.4, -0.2) is 31.6 Å². The van der Waals surface area contributed by atoms with Crippen LogP contribution in [0.4, 0.5) is 11.4 Å². The zero-order valence-corrected chi connectivity index (χ0v) is 15.3. The highest BCUT2D eigenvalue weighted by molar-refractivity contribution is 6.00. The summed E-state index contributed by atoms with van der Waals surface area (Å²) in [6.07, 6.45) is -0.515. The summed E-state index contributed by atoms with van der Waals surface area (Å²) in [5, 5.41) is 2.78. The summed E-state index contributed by atoms with van der Waals surface area (Å²) in [7, 11) is 1.69. The molecule has 1 heterocycles. The smallest absolute Gasteiger partial charge is 0.267 e. The maximum absolute atomic E-state index is 12.2. The Morgan fingerprint density at radius 2 is 1.88 bits per heavy atom. The first-order valence-corrected chi connectivity index (χ1v) is 8.42.